The summed E-state index contributed by atoms with van der Waals surface area (Å²) in [6.07, 6.45) is 0. The maximum absolute atomic E-state index is 12.3. The van der Waals surface area contributed by atoms with Crippen molar-refractivity contribution in [3.8, 4) is 0 Å². The van der Waals surface area contributed by atoms with Crippen molar-refractivity contribution in [2.45, 2.75) is 47.0 Å². The number of aliphatic carboxylic acids is 2. The van der Waals surface area contributed by atoms with Crippen LogP contribution < -0.4 is 0 Å². The molecular formula is C22H26N2O8. The van der Waals surface area contributed by atoms with Crippen molar-refractivity contribution in [3.05, 3.63) is 62.5 Å². The monoisotopic (exact) mass is 446 g/mol. The molecule has 0 unspecified atom stereocenters. The van der Waals surface area contributed by atoms with Gasteiger partial charge in [-0.1, -0.05) is 12.1 Å². The van der Waals surface area contributed by atoms with Crippen molar-refractivity contribution in [3.63, 3.8) is 0 Å². The maximum atomic E-state index is 12.3. The van der Waals surface area contributed by atoms with Gasteiger partial charge in [0.25, 0.3) is 5.69 Å². The van der Waals surface area contributed by atoms with Crippen molar-refractivity contribution in [1.29, 1.82) is 0 Å². The first-order valence-electron chi connectivity index (χ1n) is 9.73. The van der Waals surface area contributed by atoms with Crippen LogP contribution in [0.5, 0.6) is 0 Å². The van der Waals surface area contributed by atoms with Gasteiger partial charge >= 0.3 is 17.9 Å². The Balaban J connectivity index is 2.75. The fourth-order valence-corrected chi connectivity index (χ4v) is 3.86. The van der Waals surface area contributed by atoms with Crippen LogP contribution in [0.3, 0.4) is 0 Å². The molecule has 0 aliphatic carbocycles. The Bertz CT molecular complexity index is 1020. The van der Waals surface area contributed by atoms with E-state index in [0.29, 0.717) is 0 Å². The molecule has 0 amide bonds. The van der Waals surface area contributed by atoms with Crippen LogP contribution in [0.2, 0.25) is 0 Å². The van der Waals surface area contributed by atoms with E-state index in [4.69, 9.17) is 4.74 Å². The minimum atomic E-state index is -1.71. The van der Waals surface area contributed by atoms with Crippen molar-refractivity contribution in [2.24, 2.45) is 5.41 Å². The predicted octanol–water partition coefficient (Wildman–Crippen LogP) is 3.43. The van der Waals surface area contributed by atoms with Crippen molar-refractivity contribution in [1.82, 2.24) is 4.90 Å². The minimum absolute atomic E-state index is 0.145. The molecule has 32 heavy (non-hydrogen) atoms. The largest absolute Gasteiger partial charge is 0.478 e. The number of hydrogen-bond acceptors (Lipinski definition) is 7. The van der Waals surface area contributed by atoms with Gasteiger partial charge in [0.2, 0.25) is 0 Å². The van der Waals surface area contributed by atoms with Gasteiger partial charge < -0.3 is 19.8 Å². The molecule has 1 aromatic carbocycles. The van der Waals surface area contributed by atoms with Gasteiger partial charge in [0.05, 0.1) is 26.9 Å². The Labute approximate surface area is 184 Å². The first kappa shape index (κ1) is 24.6. The van der Waals surface area contributed by atoms with E-state index in [1.165, 1.54) is 49.9 Å². The van der Waals surface area contributed by atoms with Crippen molar-refractivity contribution in [2.75, 3.05) is 6.73 Å². The van der Waals surface area contributed by atoms with Gasteiger partial charge in [-0.15, -0.1) is 0 Å². The normalized spacial score (nSPS) is 16.1. The summed E-state index contributed by atoms with van der Waals surface area (Å²) in [4.78, 5) is 48.9. The molecule has 1 aliphatic heterocycles. The molecular weight excluding hydrogens is 420 g/mol. The topological polar surface area (TPSA) is 147 Å². The summed E-state index contributed by atoms with van der Waals surface area (Å²) in [5, 5.41) is 31.4. The third-order valence-electron chi connectivity index (χ3n) is 5.53. The van der Waals surface area contributed by atoms with E-state index in [1.807, 2.05) is 0 Å². The molecule has 0 atom stereocenters. The molecule has 0 radical (unpaired) electrons. The number of esters is 1. The highest BCUT2D eigenvalue weighted by atomic mass is 16.6. The molecule has 2 rings (SSSR count). The van der Waals surface area contributed by atoms with Crippen LogP contribution in [0.4, 0.5) is 5.69 Å². The standard InChI is InChI=1S/C22H26N2O8/c1-12-16(18(25)26)22(6,14-8-7-9-15(10-14)24(30)31)17(19(27)28)13(2)23(12)11-32-20(29)21(3,4)5/h7-10H,11H2,1-6H3,(H,25,26)(H,27,28). The highest BCUT2D eigenvalue weighted by Gasteiger charge is 2.49. The van der Waals surface area contributed by atoms with E-state index in [-0.39, 0.29) is 40.5 Å². The molecule has 1 heterocycles. The Morgan fingerprint density at radius 2 is 1.59 bits per heavy atom. The average molecular weight is 446 g/mol. The summed E-state index contributed by atoms with van der Waals surface area (Å²) in [5.74, 6) is -3.33. The lowest BCUT2D eigenvalue weighted by atomic mass is 9.67. The minimum Gasteiger partial charge on any atom is -0.478 e. The van der Waals surface area contributed by atoms with Gasteiger partial charge in [-0.05, 0) is 47.1 Å². The molecule has 1 aromatic rings. The Hall–Kier alpha value is -3.69. The number of hydrogen-bond donors (Lipinski definition) is 2. The Morgan fingerprint density at radius 1 is 1.09 bits per heavy atom. The van der Waals surface area contributed by atoms with E-state index >= 15 is 0 Å². The van der Waals surface area contributed by atoms with Crippen LogP contribution in [0.15, 0.2) is 46.8 Å². The maximum Gasteiger partial charge on any atom is 0.334 e. The summed E-state index contributed by atoms with van der Waals surface area (Å²) >= 11 is 0. The third kappa shape index (κ3) is 4.20. The molecule has 0 fully saturated rings. The lowest BCUT2D eigenvalue weighted by Gasteiger charge is -2.42. The average Bonchev–Trinajstić information content (AvgIpc) is 2.66. The summed E-state index contributed by atoms with van der Waals surface area (Å²) in [6, 6.07) is 5.23. The number of carbonyl (C=O) groups excluding carboxylic acids is 1. The summed E-state index contributed by atoms with van der Waals surface area (Å²) in [7, 11) is 0. The van der Waals surface area contributed by atoms with Crippen LogP contribution in [-0.2, 0) is 24.5 Å². The van der Waals surface area contributed by atoms with E-state index in [9.17, 15) is 34.7 Å². The Kier molecular flexibility index (Phi) is 6.49. The zero-order chi connectivity index (χ0) is 24.6. The first-order chi connectivity index (χ1) is 14.6. The third-order valence-corrected chi connectivity index (χ3v) is 5.53. The molecule has 0 saturated carbocycles. The second kappa shape index (κ2) is 8.45. The van der Waals surface area contributed by atoms with Crippen molar-refractivity contribution < 1.29 is 34.3 Å². The number of nitrogens with zero attached hydrogens (tertiary/aromatic N) is 2. The van der Waals surface area contributed by atoms with Gasteiger partial charge in [-0.3, -0.25) is 14.9 Å². The molecule has 10 heteroatoms. The smallest absolute Gasteiger partial charge is 0.334 e. The molecule has 0 aromatic heterocycles. The highest BCUT2D eigenvalue weighted by Crippen LogP contribution is 2.47. The lowest BCUT2D eigenvalue weighted by molar-refractivity contribution is -0.385. The summed E-state index contributed by atoms with van der Waals surface area (Å²) < 4.78 is 5.31. The number of benzene rings is 1. The second-order valence-corrected chi connectivity index (χ2v) is 8.70. The number of ether oxygens (including phenoxy) is 1. The first-order valence-corrected chi connectivity index (χ1v) is 9.73. The van der Waals surface area contributed by atoms with Gasteiger partial charge in [-0.2, -0.15) is 0 Å². The van der Waals surface area contributed by atoms with E-state index in [2.05, 4.69) is 0 Å². The highest BCUT2D eigenvalue weighted by molar-refractivity contribution is 6.00. The molecule has 172 valence electrons. The number of nitro benzene ring substituents is 1. The van der Waals surface area contributed by atoms with Gasteiger partial charge in [0.15, 0.2) is 6.73 Å². The Morgan fingerprint density at radius 3 is 2.00 bits per heavy atom. The van der Waals surface area contributed by atoms with E-state index in [0.717, 1.165) is 0 Å². The zero-order valence-electron chi connectivity index (χ0n) is 18.8. The number of carboxylic acid groups (broad SMARTS) is 2. The molecule has 0 bridgehead atoms. The quantitative estimate of drug-likeness (QED) is 0.381. The van der Waals surface area contributed by atoms with E-state index in [1.54, 1.807) is 20.8 Å². The molecule has 2 N–H and O–H groups in total. The van der Waals surface area contributed by atoms with Crippen LogP contribution in [0.1, 0.15) is 47.1 Å². The summed E-state index contributed by atoms with van der Waals surface area (Å²) in [6.45, 7) is 8.94. The van der Waals surface area contributed by atoms with Crippen LogP contribution in [-0.4, -0.2) is 44.7 Å². The SMILES string of the molecule is CC1=C(C(=O)O)C(C)(c2cccc([N+](=O)[O-])c2)C(C(=O)O)=C(C)N1COC(=O)C(C)(C)C. The molecule has 1 aliphatic rings. The number of nitro groups is 1. The molecule has 10 nitrogen and oxygen atoms in total. The summed E-state index contributed by atoms with van der Waals surface area (Å²) in [5.41, 5.74) is -2.91. The number of carbonyl (C=O) groups is 3. The fraction of sp³-hybridized carbons (Fsp3) is 0.409. The molecule has 0 saturated heterocycles. The number of rotatable bonds is 6. The van der Waals surface area contributed by atoms with Crippen LogP contribution in [0, 0.1) is 15.5 Å². The van der Waals surface area contributed by atoms with Crippen LogP contribution in [0.25, 0.3) is 0 Å². The lowest BCUT2D eigenvalue weighted by Crippen LogP contribution is -2.45. The van der Waals surface area contributed by atoms with Crippen molar-refractivity contribution >= 4 is 23.6 Å². The molecule has 0 spiro atoms. The second-order valence-electron chi connectivity index (χ2n) is 8.70. The zero-order valence-corrected chi connectivity index (χ0v) is 18.8. The van der Waals surface area contributed by atoms with Crippen LogP contribution >= 0.6 is 0 Å². The van der Waals surface area contributed by atoms with Gasteiger partial charge in [-0.25, -0.2) is 9.59 Å². The van der Waals surface area contributed by atoms with Gasteiger partial charge in [0.1, 0.15) is 0 Å². The predicted molar refractivity (Wildman–Crippen MR) is 113 cm³/mol. The van der Waals surface area contributed by atoms with Gasteiger partial charge in [0, 0.05) is 23.5 Å². The number of carboxylic acids is 2. The number of allylic oxidation sites excluding steroid dienone is 2. The fourth-order valence-electron chi connectivity index (χ4n) is 3.86. The number of non-ortho nitro benzene ring substituents is 1. The van der Waals surface area contributed by atoms with E-state index < -0.39 is 33.7 Å².